The Kier molecular flexibility index (Phi) is 7.75. The zero-order chi connectivity index (χ0) is 20.5. The summed E-state index contributed by atoms with van der Waals surface area (Å²) >= 11 is 0. The van der Waals surface area contributed by atoms with E-state index in [-0.39, 0.29) is 23.6 Å². The molecule has 0 aliphatic carbocycles. The van der Waals surface area contributed by atoms with E-state index in [1.54, 1.807) is 24.3 Å². The van der Waals surface area contributed by atoms with Crippen LogP contribution in [-0.2, 0) is 16.1 Å². The minimum atomic E-state index is -0.655. The molecule has 0 saturated heterocycles. The number of nitrogens with one attached hydrogen (secondary N) is 3. The van der Waals surface area contributed by atoms with E-state index in [1.807, 2.05) is 44.2 Å². The molecule has 0 aromatic heterocycles. The molecule has 0 bridgehead atoms. The van der Waals surface area contributed by atoms with Crippen molar-refractivity contribution in [1.29, 1.82) is 0 Å². The second-order valence-electron chi connectivity index (χ2n) is 7.09. The van der Waals surface area contributed by atoms with E-state index in [4.69, 9.17) is 0 Å². The fraction of sp³-hybridized carbons (Fsp3) is 0.318. The molecule has 0 aliphatic rings. The fourth-order valence-electron chi connectivity index (χ4n) is 2.83. The smallest absolute Gasteiger partial charge is 0.253 e. The third-order valence-corrected chi connectivity index (χ3v) is 4.13. The maximum atomic E-state index is 12.7. The molecule has 6 nitrogen and oxygen atoms in total. The van der Waals surface area contributed by atoms with Crippen molar-refractivity contribution in [2.45, 2.75) is 39.8 Å². The molecule has 28 heavy (non-hydrogen) atoms. The molecule has 2 aromatic carbocycles. The summed E-state index contributed by atoms with van der Waals surface area (Å²) in [4.78, 5) is 36.7. The number of carbonyl (C=O) groups excluding carboxylic acids is 3. The predicted octanol–water partition coefficient (Wildman–Crippen LogP) is 3.11. The highest BCUT2D eigenvalue weighted by molar-refractivity contribution is 6.05. The molecule has 1 atom stereocenters. The van der Waals surface area contributed by atoms with Crippen LogP contribution in [-0.4, -0.2) is 23.8 Å². The highest BCUT2D eigenvalue weighted by Gasteiger charge is 2.22. The van der Waals surface area contributed by atoms with Crippen molar-refractivity contribution in [3.8, 4) is 0 Å². The van der Waals surface area contributed by atoms with Crippen molar-refractivity contribution in [3.05, 3.63) is 65.7 Å². The summed E-state index contributed by atoms with van der Waals surface area (Å²) in [5.74, 6) is -0.659. The van der Waals surface area contributed by atoms with Gasteiger partial charge in [-0.25, -0.2) is 0 Å². The summed E-state index contributed by atoms with van der Waals surface area (Å²) in [5, 5.41) is 8.32. The van der Waals surface area contributed by atoms with Crippen LogP contribution < -0.4 is 16.0 Å². The number of amides is 3. The maximum Gasteiger partial charge on any atom is 0.253 e. The summed E-state index contributed by atoms with van der Waals surface area (Å²) in [6.45, 7) is 5.73. The van der Waals surface area contributed by atoms with Crippen molar-refractivity contribution in [2.24, 2.45) is 5.92 Å². The van der Waals surface area contributed by atoms with Crippen molar-refractivity contribution in [1.82, 2.24) is 10.6 Å². The van der Waals surface area contributed by atoms with Crippen LogP contribution in [0.4, 0.5) is 5.69 Å². The number of para-hydroxylation sites is 1. The van der Waals surface area contributed by atoms with E-state index in [2.05, 4.69) is 16.0 Å². The Bertz CT molecular complexity index is 819. The average Bonchev–Trinajstić information content (AvgIpc) is 2.66. The number of anilines is 1. The lowest BCUT2D eigenvalue weighted by molar-refractivity contribution is -0.125. The van der Waals surface area contributed by atoms with Gasteiger partial charge in [-0.05, 0) is 30.0 Å². The normalized spacial score (nSPS) is 11.6. The van der Waals surface area contributed by atoms with Gasteiger partial charge in [-0.3, -0.25) is 14.4 Å². The second-order valence-corrected chi connectivity index (χ2v) is 7.09. The van der Waals surface area contributed by atoms with Crippen LogP contribution in [0, 0.1) is 5.92 Å². The van der Waals surface area contributed by atoms with Gasteiger partial charge < -0.3 is 16.0 Å². The number of hydrogen-bond acceptors (Lipinski definition) is 3. The average molecular weight is 381 g/mol. The van der Waals surface area contributed by atoms with Gasteiger partial charge in [0.25, 0.3) is 5.91 Å². The number of benzene rings is 2. The van der Waals surface area contributed by atoms with Crippen LogP contribution in [0.15, 0.2) is 54.6 Å². The Balaban J connectivity index is 2.10. The maximum absolute atomic E-state index is 12.7. The Morgan fingerprint density at radius 3 is 2.21 bits per heavy atom. The molecule has 0 radical (unpaired) electrons. The number of carbonyl (C=O) groups is 3. The van der Waals surface area contributed by atoms with Crippen LogP contribution in [0.5, 0.6) is 0 Å². The Morgan fingerprint density at radius 2 is 1.57 bits per heavy atom. The molecular formula is C22H27N3O3. The van der Waals surface area contributed by atoms with Gasteiger partial charge in [0, 0.05) is 13.5 Å². The van der Waals surface area contributed by atoms with E-state index < -0.39 is 6.04 Å². The molecule has 0 spiro atoms. The van der Waals surface area contributed by atoms with E-state index in [9.17, 15) is 14.4 Å². The van der Waals surface area contributed by atoms with Crippen molar-refractivity contribution >= 4 is 23.4 Å². The van der Waals surface area contributed by atoms with Gasteiger partial charge in [0.15, 0.2) is 0 Å². The summed E-state index contributed by atoms with van der Waals surface area (Å²) in [5.41, 5.74) is 1.77. The second kappa shape index (κ2) is 10.3. The first-order valence-corrected chi connectivity index (χ1v) is 9.36. The Hall–Kier alpha value is -3.15. The van der Waals surface area contributed by atoms with Crippen LogP contribution in [0.1, 0.15) is 43.1 Å². The lowest BCUT2D eigenvalue weighted by Gasteiger charge is -2.20. The van der Waals surface area contributed by atoms with Crippen LogP contribution >= 0.6 is 0 Å². The standard InChI is InChI=1S/C22H27N3O3/c1-15(2)13-20(24-16(3)26)22(28)25-19-12-8-7-11-18(19)21(27)23-14-17-9-5-4-6-10-17/h4-12,15,20H,13-14H2,1-3H3,(H,23,27)(H,24,26)(H,25,28)/t20-/m0/s1. The van der Waals surface area contributed by atoms with Gasteiger partial charge >= 0.3 is 0 Å². The topological polar surface area (TPSA) is 87.3 Å². The summed E-state index contributed by atoms with van der Waals surface area (Å²) in [6, 6.07) is 15.8. The van der Waals surface area contributed by atoms with Gasteiger partial charge in [0.05, 0.1) is 11.3 Å². The molecule has 0 unspecified atom stereocenters. The Labute approximate surface area is 165 Å². The third kappa shape index (κ3) is 6.54. The zero-order valence-electron chi connectivity index (χ0n) is 16.5. The van der Waals surface area contributed by atoms with Crippen molar-refractivity contribution < 1.29 is 14.4 Å². The minimum absolute atomic E-state index is 0.229. The molecule has 0 aliphatic heterocycles. The summed E-state index contributed by atoms with van der Waals surface area (Å²) in [6.07, 6.45) is 0.508. The molecule has 3 amide bonds. The number of hydrogen-bond donors (Lipinski definition) is 3. The van der Waals surface area contributed by atoms with Crippen molar-refractivity contribution in [3.63, 3.8) is 0 Å². The van der Waals surface area contributed by atoms with Crippen LogP contribution in [0.2, 0.25) is 0 Å². The molecule has 0 fully saturated rings. The van der Waals surface area contributed by atoms with Crippen LogP contribution in [0.3, 0.4) is 0 Å². The highest BCUT2D eigenvalue weighted by Crippen LogP contribution is 2.17. The minimum Gasteiger partial charge on any atom is -0.348 e. The predicted molar refractivity (Wildman–Crippen MR) is 110 cm³/mol. The quantitative estimate of drug-likeness (QED) is 0.657. The lowest BCUT2D eigenvalue weighted by atomic mass is 10.0. The molecule has 0 saturated carbocycles. The summed E-state index contributed by atoms with van der Waals surface area (Å²) in [7, 11) is 0. The third-order valence-electron chi connectivity index (χ3n) is 4.13. The van der Waals surface area contributed by atoms with E-state index in [1.165, 1.54) is 6.92 Å². The van der Waals surface area contributed by atoms with Gasteiger partial charge in [-0.1, -0.05) is 56.3 Å². The monoisotopic (exact) mass is 381 g/mol. The van der Waals surface area contributed by atoms with Crippen LogP contribution in [0.25, 0.3) is 0 Å². The largest absolute Gasteiger partial charge is 0.348 e. The molecule has 2 rings (SSSR count). The first-order valence-electron chi connectivity index (χ1n) is 9.36. The van der Waals surface area contributed by atoms with Crippen molar-refractivity contribution in [2.75, 3.05) is 5.32 Å². The number of rotatable bonds is 8. The zero-order valence-corrected chi connectivity index (χ0v) is 16.5. The first kappa shape index (κ1) is 21.2. The lowest BCUT2D eigenvalue weighted by Crippen LogP contribution is -2.44. The van der Waals surface area contributed by atoms with E-state index in [0.29, 0.717) is 24.2 Å². The van der Waals surface area contributed by atoms with Gasteiger partial charge in [0.1, 0.15) is 6.04 Å². The first-order chi connectivity index (χ1) is 13.4. The molecule has 6 heteroatoms. The van der Waals surface area contributed by atoms with Gasteiger partial charge in [0.2, 0.25) is 11.8 Å². The van der Waals surface area contributed by atoms with Gasteiger partial charge in [-0.15, -0.1) is 0 Å². The molecule has 0 heterocycles. The highest BCUT2D eigenvalue weighted by atomic mass is 16.2. The van der Waals surface area contributed by atoms with Gasteiger partial charge in [-0.2, -0.15) is 0 Å². The summed E-state index contributed by atoms with van der Waals surface area (Å²) < 4.78 is 0. The van der Waals surface area contributed by atoms with E-state index in [0.717, 1.165) is 5.56 Å². The molecular weight excluding hydrogens is 354 g/mol. The molecule has 3 N–H and O–H groups in total. The van der Waals surface area contributed by atoms with E-state index >= 15 is 0 Å². The fourth-order valence-corrected chi connectivity index (χ4v) is 2.83. The molecule has 148 valence electrons. The Morgan fingerprint density at radius 1 is 0.929 bits per heavy atom. The SMILES string of the molecule is CC(=O)N[C@@H](CC(C)C)C(=O)Nc1ccccc1C(=O)NCc1ccccc1. The molecule has 2 aromatic rings.